The van der Waals surface area contributed by atoms with E-state index in [4.69, 9.17) is 11.6 Å². The predicted molar refractivity (Wildman–Crippen MR) is 66.8 cm³/mol. The van der Waals surface area contributed by atoms with Crippen molar-refractivity contribution in [3.63, 3.8) is 0 Å². The Hall–Kier alpha value is -1.20. The second-order valence-corrected chi connectivity index (χ2v) is 4.52. The molecule has 1 saturated heterocycles. The van der Waals surface area contributed by atoms with Crippen molar-refractivity contribution in [2.75, 3.05) is 38.1 Å². The Labute approximate surface area is 105 Å². The maximum atomic E-state index is 11.0. The standard InChI is InChI=1S/C11H15ClN4O/c1-15-3-2-4-16(6-5-15)11-9(7-17)10(12)13-8-14-11/h7-8H,2-6H2,1H3. The van der Waals surface area contributed by atoms with Crippen molar-refractivity contribution in [3.8, 4) is 0 Å². The van der Waals surface area contributed by atoms with Gasteiger partial charge in [0.05, 0.1) is 5.56 Å². The monoisotopic (exact) mass is 254 g/mol. The molecule has 17 heavy (non-hydrogen) atoms. The fraction of sp³-hybridized carbons (Fsp3) is 0.545. The van der Waals surface area contributed by atoms with Crippen LogP contribution in [0.2, 0.25) is 5.15 Å². The SMILES string of the molecule is CN1CCCN(c2ncnc(Cl)c2C=O)CC1. The molecule has 92 valence electrons. The topological polar surface area (TPSA) is 49.3 Å². The number of nitrogens with zero attached hydrogens (tertiary/aromatic N) is 4. The smallest absolute Gasteiger partial charge is 0.156 e. The van der Waals surface area contributed by atoms with Crippen LogP contribution >= 0.6 is 11.6 Å². The van der Waals surface area contributed by atoms with E-state index in [2.05, 4.69) is 26.8 Å². The normalized spacial score (nSPS) is 17.9. The summed E-state index contributed by atoms with van der Waals surface area (Å²) in [6.07, 6.45) is 3.18. The summed E-state index contributed by atoms with van der Waals surface area (Å²) in [5, 5.41) is 0.225. The van der Waals surface area contributed by atoms with Crippen molar-refractivity contribution in [2.45, 2.75) is 6.42 Å². The molecule has 0 N–H and O–H groups in total. The van der Waals surface area contributed by atoms with E-state index in [0.29, 0.717) is 11.4 Å². The fourth-order valence-corrected chi connectivity index (χ4v) is 2.15. The quantitative estimate of drug-likeness (QED) is 0.584. The highest BCUT2D eigenvalue weighted by Crippen LogP contribution is 2.22. The van der Waals surface area contributed by atoms with Gasteiger partial charge in [-0.05, 0) is 20.0 Å². The molecule has 1 aromatic rings. The van der Waals surface area contributed by atoms with Crippen molar-refractivity contribution in [1.82, 2.24) is 14.9 Å². The summed E-state index contributed by atoms with van der Waals surface area (Å²) >= 11 is 5.90. The van der Waals surface area contributed by atoms with Gasteiger partial charge in [0.2, 0.25) is 0 Å². The Kier molecular flexibility index (Phi) is 3.91. The molecule has 1 aliphatic rings. The van der Waals surface area contributed by atoms with Gasteiger partial charge in [0.15, 0.2) is 6.29 Å². The average Bonchev–Trinajstić information content (AvgIpc) is 2.54. The lowest BCUT2D eigenvalue weighted by Gasteiger charge is -2.22. The molecule has 6 heteroatoms. The van der Waals surface area contributed by atoms with E-state index in [1.807, 2.05) is 0 Å². The zero-order valence-electron chi connectivity index (χ0n) is 9.77. The molecule has 0 bridgehead atoms. The Morgan fingerprint density at radius 2 is 2.12 bits per heavy atom. The van der Waals surface area contributed by atoms with Crippen LogP contribution in [0.25, 0.3) is 0 Å². The van der Waals surface area contributed by atoms with Gasteiger partial charge < -0.3 is 9.80 Å². The number of likely N-dealkylation sites (N-methyl/N-ethyl adjacent to an activating group) is 1. The van der Waals surface area contributed by atoms with Gasteiger partial charge in [0.25, 0.3) is 0 Å². The second kappa shape index (κ2) is 5.42. The number of aromatic nitrogens is 2. The summed E-state index contributed by atoms with van der Waals surface area (Å²) in [5.41, 5.74) is 0.388. The first-order valence-electron chi connectivity index (χ1n) is 5.61. The van der Waals surface area contributed by atoms with Crippen LogP contribution in [0.1, 0.15) is 16.8 Å². The minimum Gasteiger partial charge on any atom is -0.355 e. The molecule has 1 aliphatic heterocycles. The third-order valence-electron chi connectivity index (χ3n) is 2.95. The number of rotatable bonds is 2. The molecule has 2 rings (SSSR count). The minimum absolute atomic E-state index is 0.225. The molecule has 0 unspecified atom stereocenters. The zero-order valence-corrected chi connectivity index (χ0v) is 10.5. The Morgan fingerprint density at radius 1 is 1.29 bits per heavy atom. The van der Waals surface area contributed by atoms with E-state index in [1.165, 1.54) is 6.33 Å². The zero-order chi connectivity index (χ0) is 12.3. The van der Waals surface area contributed by atoms with E-state index in [9.17, 15) is 4.79 Å². The second-order valence-electron chi connectivity index (χ2n) is 4.16. The molecule has 0 radical (unpaired) electrons. The van der Waals surface area contributed by atoms with Crippen LogP contribution in [-0.2, 0) is 0 Å². The van der Waals surface area contributed by atoms with E-state index < -0.39 is 0 Å². The van der Waals surface area contributed by atoms with Crippen LogP contribution in [0.4, 0.5) is 5.82 Å². The first kappa shape index (κ1) is 12.3. The summed E-state index contributed by atoms with van der Waals surface area (Å²) in [4.78, 5) is 23.4. The van der Waals surface area contributed by atoms with Crippen molar-refractivity contribution >= 4 is 23.7 Å². The molecular weight excluding hydrogens is 240 g/mol. The Balaban J connectivity index is 2.26. The average molecular weight is 255 g/mol. The highest BCUT2D eigenvalue weighted by molar-refractivity contribution is 6.32. The summed E-state index contributed by atoms with van der Waals surface area (Å²) in [6, 6.07) is 0. The van der Waals surface area contributed by atoms with Crippen molar-refractivity contribution in [1.29, 1.82) is 0 Å². The molecule has 0 spiro atoms. The largest absolute Gasteiger partial charge is 0.355 e. The van der Waals surface area contributed by atoms with E-state index in [1.54, 1.807) is 0 Å². The summed E-state index contributed by atoms with van der Waals surface area (Å²) in [7, 11) is 2.09. The highest BCUT2D eigenvalue weighted by Gasteiger charge is 2.18. The number of hydrogen-bond donors (Lipinski definition) is 0. The lowest BCUT2D eigenvalue weighted by molar-refractivity contribution is 0.112. The van der Waals surface area contributed by atoms with Crippen molar-refractivity contribution in [3.05, 3.63) is 17.0 Å². The van der Waals surface area contributed by atoms with Crippen molar-refractivity contribution in [2.24, 2.45) is 0 Å². The van der Waals surface area contributed by atoms with Crippen LogP contribution in [0.5, 0.6) is 0 Å². The number of aldehydes is 1. The summed E-state index contributed by atoms with van der Waals surface area (Å²) in [6.45, 7) is 3.76. The molecule has 5 nitrogen and oxygen atoms in total. The number of halogens is 1. The van der Waals surface area contributed by atoms with Gasteiger partial charge in [-0.25, -0.2) is 9.97 Å². The molecule has 2 heterocycles. The fourth-order valence-electron chi connectivity index (χ4n) is 1.98. The van der Waals surface area contributed by atoms with Gasteiger partial charge in [-0.1, -0.05) is 11.6 Å². The van der Waals surface area contributed by atoms with Crippen LogP contribution in [-0.4, -0.2) is 54.4 Å². The van der Waals surface area contributed by atoms with Gasteiger partial charge in [-0.2, -0.15) is 0 Å². The van der Waals surface area contributed by atoms with Crippen LogP contribution in [0, 0.1) is 0 Å². The number of hydrogen-bond acceptors (Lipinski definition) is 5. The molecule has 1 fully saturated rings. The van der Waals surface area contributed by atoms with Gasteiger partial charge in [0, 0.05) is 19.6 Å². The van der Waals surface area contributed by atoms with E-state index in [0.717, 1.165) is 38.9 Å². The van der Waals surface area contributed by atoms with E-state index >= 15 is 0 Å². The molecule has 0 atom stereocenters. The summed E-state index contributed by atoms with van der Waals surface area (Å²) < 4.78 is 0. The lowest BCUT2D eigenvalue weighted by Crippen LogP contribution is -2.30. The molecule has 0 aromatic carbocycles. The first-order valence-corrected chi connectivity index (χ1v) is 5.99. The molecular formula is C11H15ClN4O. The summed E-state index contributed by atoms with van der Waals surface area (Å²) in [5.74, 6) is 0.648. The van der Waals surface area contributed by atoms with Gasteiger partial charge in [0.1, 0.15) is 17.3 Å². The van der Waals surface area contributed by atoms with Crippen molar-refractivity contribution < 1.29 is 4.79 Å². The maximum Gasteiger partial charge on any atom is 0.156 e. The molecule has 0 aliphatic carbocycles. The molecule has 0 amide bonds. The lowest BCUT2D eigenvalue weighted by atomic mass is 10.3. The van der Waals surface area contributed by atoms with E-state index in [-0.39, 0.29) is 5.15 Å². The van der Waals surface area contributed by atoms with Crippen LogP contribution in [0.15, 0.2) is 6.33 Å². The number of carbonyl (C=O) groups is 1. The third kappa shape index (κ3) is 2.73. The minimum atomic E-state index is 0.225. The third-order valence-corrected chi connectivity index (χ3v) is 3.25. The number of anilines is 1. The molecule has 1 aromatic heterocycles. The predicted octanol–water partition coefficient (Wildman–Crippen LogP) is 1.08. The molecule has 0 saturated carbocycles. The Morgan fingerprint density at radius 3 is 2.88 bits per heavy atom. The highest BCUT2D eigenvalue weighted by atomic mass is 35.5. The maximum absolute atomic E-state index is 11.0. The first-order chi connectivity index (χ1) is 8.22. The van der Waals surface area contributed by atoms with Crippen LogP contribution in [0.3, 0.4) is 0 Å². The van der Waals surface area contributed by atoms with Gasteiger partial charge in [-0.3, -0.25) is 4.79 Å². The van der Waals surface area contributed by atoms with Crippen LogP contribution < -0.4 is 4.90 Å². The van der Waals surface area contributed by atoms with Gasteiger partial charge in [-0.15, -0.1) is 0 Å². The van der Waals surface area contributed by atoms with Gasteiger partial charge >= 0.3 is 0 Å². The Bertz CT molecular complexity index is 412. The number of carbonyl (C=O) groups excluding carboxylic acids is 1.